The molecule has 30 heavy (non-hydrogen) atoms. The highest BCUT2D eigenvalue weighted by Gasteiger charge is 2.39. The van der Waals surface area contributed by atoms with E-state index >= 15 is 0 Å². The third kappa shape index (κ3) is 5.17. The first-order valence-electron chi connectivity index (χ1n) is 10.4. The van der Waals surface area contributed by atoms with Crippen molar-refractivity contribution in [2.75, 3.05) is 6.54 Å². The number of carbonyl (C=O) groups is 4. The van der Waals surface area contributed by atoms with Crippen LogP contribution in [0.5, 0.6) is 0 Å². The number of nitrogens with zero attached hydrogens (tertiary/aromatic N) is 1. The first kappa shape index (κ1) is 21.8. The van der Waals surface area contributed by atoms with Crippen LogP contribution in [0.2, 0.25) is 0 Å². The fraction of sp³-hybridized carbons (Fsp3) is 0.545. The number of amides is 4. The van der Waals surface area contributed by atoms with Crippen LogP contribution >= 0.6 is 0 Å². The second-order valence-electron chi connectivity index (χ2n) is 8.73. The lowest BCUT2D eigenvalue weighted by molar-refractivity contribution is -0.136. The Morgan fingerprint density at radius 2 is 2.00 bits per heavy atom. The van der Waals surface area contributed by atoms with Crippen molar-refractivity contribution in [1.29, 1.82) is 0 Å². The van der Waals surface area contributed by atoms with E-state index < -0.39 is 23.6 Å². The third-order valence-electron chi connectivity index (χ3n) is 5.22. The van der Waals surface area contributed by atoms with Crippen LogP contribution in [0.4, 0.5) is 4.79 Å². The summed E-state index contributed by atoms with van der Waals surface area (Å²) in [7, 11) is 0. The van der Waals surface area contributed by atoms with Crippen molar-refractivity contribution in [2.24, 2.45) is 0 Å². The summed E-state index contributed by atoms with van der Waals surface area (Å²) in [6.45, 7) is 6.36. The molecule has 162 valence electrons. The number of aryl methyl sites for hydroxylation is 1. The largest absolute Gasteiger partial charge is 0.444 e. The first-order valence-corrected chi connectivity index (χ1v) is 10.4. The molecule has 3 rings (SSSR count). The van der Waals surface area contributed by atoms with E-state index in [9.17, 15) is 19.2 Å². The summed E-state index contributed by atoms with van der Waals surface area (Å²) in [5.41, 5.74) is 2.14. The molecule has 4 amide bonds. The molecule has 1 atom stereocenters. The van der Waals surface area contributed by atoms with Gasteiger partial charge >= 0.3 is 6.09 Å². The maximum absolute atomic E-state index is 12.8. The molecule has 2 heterocycles. The van der Waals surface area contributed by atoms with Crippen molar-refractivity contribution in [3.05, 3.63) is 34.9 Å². The lowest BCUT2D eigenvalue weighted by atomic mass is 9.99. The minimum atomic E-state index is -0.603. The summed E-state index contributed by atoms with van der Waals surface area (Å²) in [6.07, 6.45) is 2.58. The molecule has 2 aliphatic rings. The average molecular weight is 415 g/mol. The van der Waals surface area contributed by atoms with Gasteiger partial charge in [-0.1, -0.05) is 12.1 Å². The van der Waals surface area contributed by atoms with Gasteiger partial charge in [0.1, 0.15) is 11.6 Å². The predicted octanol–water partition coefficient (Wildman–Crippen LogP) is 2.29. The molecule has 0 aromatic heterocycles. The van der Waals surface area contributed by atoms with E-state index in [1.54, 1.807) is 11.0 Å². The van der Waals surface area contributed by atoms with Gasteiger partial charge in [-0.05, 0) is 63.6 Å². The second-order valence-corrected chi connectivity index (χ2v) is 8.73. The van der Waals surface area contributed by atoms with Crippen molar-refractivity contribution in [3.8, 4) is 0 Å². The summed E-state index contributed by atoms with van der Waals surface area (Å²) in [5, 5.41) is 5.07. The van der Waals surface area contributed by atoms with Crippen LogP contribution in [-0.2, 0) is 27.3 Å². The second kappa shape index (κ2) is 8.85. The lowest BCUT2D eigenvalue weighted by Crippen LogP contribution is -2.52. The van der Waals surface area contributed by atoms with Gasteiger partial charge in [0.25, 0.3) is 5.91 Å². The Labute approximate surface area is 176 Å². The monoisotopic (exact) mass is 415 g/mol. The molecule has 1 fully saturated rings. The fourth-order valence-electron chi connectivity index (χ4n) is 3.83. The van der Waals surface area contributed by atoms with Gasteiger partial charge in [-0.15, -0.1) is 0 Å². The number of benzene rings is 1. The average Bonchev–Trinajstić information content (AvgIpc) is 2.97. The minimum Gasteiger partial charge on any atom is -0.444 e. The molecule has 1 aromatic rings. The number of piperidine rings is 1. The number of alkyl carbamates (subject to hydrolysis) is 1. The molecule has 0 spiro atoms. The van der Waals surface area contributed by atoms with Gasteiger partial charge in [0.2, 0.25) is 11.8 Å². The minimum absolute atomic E-state index is 0.159. The van der Waals surface area contributed by atoms with Gasteiger partial charge in [-0.25, -0.2) is 4.79 Å². The molecule has 0 bridgehead atoms. The molecule has 2 aliphatic heterocycles. The van der Waals surface area contributed by atoms with Gasteiger partial charge in [-0.3, -0.25) is 19.7 Å². The fourth-order valence-corrected chi connectivity index (χ4v) is 3.83. The Hall–Kier alpha value is -2.90. The molecule has 0 saturated carbocycles. The van der Waals surface area contributed by atoms with Crippen molar-refractivity contribution < 1.29 is 23.9 Å². The number of unbranched alkanes of at least 4 members (excludes halogenated alkanes) is 1. The van der Waals surface area contributed by atoms with E-state index in [-0.39, 0.29) is 18.2 Å². The number of hydrogen-bond acceptors (Lipinski definition) is 5. The van der Waals surface area contributed by atoms with Crippen LogP contribution in [0.25, 0.3) is 0 Å². The highest BCUT2D eigenvalue weighted by atomic mass is 16.6. The van der Waals surface area contributed by atoms with Crippen molar-refractivity contribution in [1.82, 2.24) is 15.5 Å². The molecule has 1 aromatic carbocycles. The molecule has 0 radical (unpaired) electrons. The van der Waals surface area contributed by atoms with E-state index in [4.69, 9.17) is 4.74 Å². The number of nitrogens with one attached hydrogen (secondary N) is 2. The quantitative estimate of drug-likeness (QED) is 0.548. The van der Waals surface area contributed by atoms with Crippen LogP contribution < -0.4 is 10.6 Å². The maximum Gasteiger partial charge on any atom is 0.407 e. The molecule has 2 N–H and O–H groups in total. The van der Waals surface area contributed by atoms with Gasteiger partial charge in [0.05, 0.1) is 0 Å². The molecule has 8 heteroatoms. The third-order valence-corrected chi connectivity index (χ3v) is 5.22. The summed E-state index contributed by atoms with van der Waals surface area (Å²) in [6, 6.07) is 5.05. The zero-order valence-electron chi connectivity index (χ0n) is 17.7. The van der Waals surface area contributed by atoms with Gasteiger partial charge < -0.3 is 15.0 Å². The normalized spacial score (nSPS) is 18.8. The zero-order valence-corrected chi connectivity index (χ0v) is 17.7. The molecule has 8 nitrogen and oxygen atoms in total. The molecular weight excluding hydrogens is 386 g/mol. The number of hydrogen-bond donors (Lipinski definition) is 2. The zero-order chi connectivity index (χ0) is 21.9. The predicted molar refractivity (Wildman–Crippen MR) is 110 cm³/mol. The summed E-state index contributed by atoms with van der Waals surface area (Å²) in [4.78, 5) is 49.7. The number of carbonyl (C=O) groups excluding carboxylic acids is 4. The Kier molecular flexibility index (Phi) is 6.43. The summed E-state index contributed by atoms with van der Waals surface area (Å²) in [5.74, 6) is -0.851. The van der Waals surface area contributed by atoms with E-state index in [0.29, 0.717) is 25.1 Å². The topological polar surface area (TPSA) is 105 Å². The number of fused-ring (bicyclic) bond motifs is 1. The van der Waals surface area contributed by atoms with E-state index in [1.165, 1.54) is 0 Å². The maximum atomic E-state index is 12.8. The van der Waals surface area contributed by atoms with Crippen LogP contribution in [0.1, 0.15) is 67.9 Å². The van der Waals surface area contributed by atoms with Crippen LogP contribution in [0, 0.1) is 0 Å². The summed E-state index contributed by atoms with van der Waals surface area (Å²) < 4.78 is 5.21. The highest BCUT2D eigenvalue weighted by molar-refractivity contribution is 6.05. The number of imide groups is 1. The first-order chi connectivity index (χ1) is 14.2. The number of ether oxygens (including phenoxy) is 1. The highest BCUT2D eigenvalue weighted by Crippen LogP contribution is 2.30. The van der Waals surface area contributed by atoms with E-state index in [2.05, 4.69) is 10.6 Å². The number of rotatable bonds is 6. The molecule has 1 saturated heterocycles. The van der Waals surface area contributed by atoms with Crippen molar-refractivity contribution in [2.45, 2.75) is 71.1 Å². The van der Waals surface area contributed by atoms with Crippen molar-refractivity contribution in [3.63, 3.8) is 0 Å². The van der Waals surface area contributed by atoms with Crippen molar-refractivity contribution >= 4 is 23.8 Å². The van der Waals surface area contributed by atoms with E-state index in [0.717, 1.165) is 30.4 Å². The molecule has 1 unspecified atom stereocenters. The Bertz CT molecular complexity index is 859. The van der Waals surface area contributed by atoms with Gasteiger partial charge in [0.15, 0.2) is 0 Å². The van der Waals surface area contributed by atoms with Crippen LogP contribution in [0.15, 0.2) is 18.2 Å². The molecule has 0 aliphatic carbocycles. The Balaban J connectivity index is 1.54. The standard InChI is InChI=1S/C22H29N3O5/c1-22(2,3)30-21(29)23-12-5-4-7-14-8-6-9-15-16(14)13-25(20(15)28)17-10-11-18(26)24-19(17)27/h6,8-9,17H,4-5,7,10-13H2,1-3H3,(H,23,29)(H,24,26,27). The SMILES string of the molecule is CC(C)(C)OC(=O)NCCCCc1cccc2c1CN(C1CCC(=O)NC1=O)C2=O. The summed E-state index contributed by atoms with van der Waals surface area (Å²) >= 11 is 0. The lowest BCUT2D eigenvalue weighted by Gasteiger charge is -2.29. The molecular formula is C22H29N3O5. The Morgan fingerprint density at radius 1 is 1.23 bits per heavy atom. The smallest absolute Gasteiger partial charge is 0.407 e. The van der Waals surface area contributed by atoms with E-state index in [1.807, 2.05) is 32.9 Å². The van der Waals surface area contributed by atoms with Crippen LogP contribution in [-0.4, -0.2) is 46.9 Å². The van der Waals surface area contributed by atoms with Gasteiger partial charge in [-0.2, -0.15) is 0 Å². The van der Waals surface area contributed by atoms with Gasteiger partial charge in [0, 0.05) is 25.1 Å². The van der Waals surface area contributed by atoms with Crippen LogP contribution in [0.3, 0.4) is 0 Å². The Morgan fingerprint density at radius 3 is 2.70 bits per heavy atom.